The normalized spacial score (nSPS) is 13.4. The predicted molar refractivity (Wildman–Crippen MR) is 124 cm³/mol. The molecule has 1 aliphatic carbocycles. The number of carbonyl (C=O) groups is 1. The van der Waals surface area contributed by atoms with Crippen LogP contribution in [0.5, 0.6) is 0 Å². The Hall–Kier alpha value is -3.87. The fourth-order valence-electron chi connectivity index (χ4n) is 3.78. The lowest BCUT2D eigenvalue weighted by Crippen LogP contribution is -2.19. The first-order chi connectivity index (χ1) is 15.0. The fourth-order valence-corrected chi connectivity index (χ4v) is 3.78. The molecule has 156 valence electrons. The van der Waals surface area contributed by atoms with Crippen LogP contribution in [-0.4, -0.2) is 20.8 Å². The minimum absolute atomic E-state index is 0.282. The van der Waals surface area contributed by atoms with Gasteiger partial charge >= 0.3 is 6.03 Å². The van der Waals surface area contributed by atoms with E-state index in [1.54, 1.807) is 4.68 Å². The monoisotopic (exact) mass is 412 g/mol. The van der Waals surface area contributed by atoms with Gasteiger partial charge in [0.2, 0.25) is 0 Å². The first kappa shape index (κ1) is 19.1. The van der Waals surface area contributed by atoms with Crippen molar-refractivity contribution >= 4 is 34.3 Å². The lowest BCUT2D eigenvalue weighted by Gasteiger charge is -2.10. The second kappa shape index (κ2) is 7.43. The first-order valence-electron chi connectivity index (χ1n) is 10.4. The molecule has 2 aromatic carbocycles. The molecule has 1 aliphatic rings. The number of nitrogens with two attached hydrogens (primary N) is 1. The Morgan fingerprint density at radius 2 is 1.65 bits per heavy atom. The van der Waals surface area contributed by atoms with Crippen molar-refractivity contribution in [3.05, 3.63) is 65.9 Å². The maximum Gasteiger partial charge on any atom is 0.323 e. The van der Waals surface area contributed by atoms with Crippen molar-refractivity contribution in [1.29, 1.82) is 0 Å². The molecule has 31 heavy (non-hydrogen) atoms. The third kappa shape index (κ3) is 3.82. The quantitative estimate of drug-likeness (QED) is 0.437. The van der Waals surface area contributed by atoms with Gasteiger partial charge in [-0.3, -0.25) is 0 Å². The lowest BCUT2D eigenvalue weighted by atomic mass is 10.0. The van der Waals surface area contributed by atoms with E-state index in [4.69, 9.17) is 10.7 Å². The van der Waals surface area contributed by atoms with Gasteiger partial charge in [0.25, 0.3) is 0 Å². The second-order valence-electron chi connectivity index (χ2n) is 8.10. The molecule has 7 heteroatoms. The molecule has 1 fully saturated rings. The number of carbonyl (C=O) groups excluding carboxylic acids is 1. The van der Waals surface area contributed by atoms with Crippen LogP contribution in [0.15, 0.2) is 54.6 Å². The summed E-state index contributed by atoms with van der Waals surface area (Å²) < 4.78 is 1.74. The van der Waals surface area contributed by atoms with E-state index in [0.717, 1.165) is 39.1 Å². The molecule has 5 rings (SSSR count). The average Bonchev–Trinajstić information content (AvgIpc) is 3.56. The number of aromatic nitrogens is 3. The Balaban J connectivity index is 1.40. The number of hydrogen-bond acceptors (Lipinski definition) is 4. The minimum Gasteiger partial charge on any atom is -0.382 e. The van der Waals surface area contributed by atoms with Crippen molar-refractivity contribution in [2.45, 2.75) is 25.7 Å². The highest BCUT2D eigenvalue weighted by Gasteiger charge is 2.27. The van der Waals surface area contributed by atoms with Crippen molar-refractivity contribution in [2.24, 2.45) is 7.05 Å². The first-order valence-corrected chi connectivity index (χ1v) is 10.4. The highest BCUT2D eigenvalue weighted by atomic mass is 16.2. The van der Waals surface area contributed by atoms with Gasteiger partial charge in [0.15, 0.2) is 11.5 Å². The predicted octanol–water partition coefficient (Wildman–Crippen LogP) is 5.05. The summed E-state index contributed by atoms with van der Waals surface area (Å²) in [5, 5.41) is 10.9. The van der Waals surface area contributed by atoms with Crippen LogP contribution in [0.4, 0.5) is 22.0 Å². The maximum absolute atomic E-state index is 12.3. The van der Waals surface area contributed by atoms with E-state index in [1.807, 2.05) is 62.5 Å². The lowest BCUT2D eigenvalue weighted by molar-refractivity contribution is 0.262. The Labute approximate surface area is 180 Å². The number of hydrogen-bond donors (Lipinski definition) is 3. The highest BCUT2D eigenvalue weighted by Crippen LogP contribution is 2.42. The number of benzene rings is 2. The molecule has 7 nitrogen and oxygen atoms in total. The zero-order chi connectivity index (χ0) is 21.5. The molecule has 2 heterocycles. The number of nitrogens with one attached hydrogen (secondary N) is 2. The Bertz CT molecular complexity index is 1270. The van der Waals surface area contributed by atoms with Crippen LogP contribution in [0, 0.1) is 6.92 Å². The molecule has 0 unspecified atom stereocenters. The van der Waals surface area contributed by atoms with E-state index < -0.39 is 0 Å². The summed E-state index contributed by atoms with van der Waals surface area (Å²) in [5.74, 6) is 0.993. The van der Waals surface area contributed by atoms with Gasteiger partial charge in [-0.1, -0.05) is 29.8 Å². The maximum atomic E-state index is 12.3. The zero-order valence-electron chi connectivity index (χ0n) is 17.5. The van der Waals surface area contributed by atoms with Crippen molar-refractivity contribution < 1.29 is 4.79 Å². The molecule has 0 saturated heterocycles. The average molecular weight is 412 g/mol. The molecule has 0 spiro atoms. The number of nitrogens with zero attached hydrogens (tertiary/aromatic N) is 3. The second-order valence-corrected chi connectivity index (χ2v) is 8.10. The number of anilines is 3. The van der Waals surface area contributed by atoms with Crippen molar-refractivity contribution in [3.63, 3.8) is 0 Å². The number of nitrogen functional groups attached to an aromatic ring is 1. The van der Waals surface area contributed by atoms with Gasteiger partial charge < -0.3 is 16.4 Å². The van der Waals surface area contributed by atoms with Gasteiger partial charge in [-0.05, 0) is 61.2 Å². The van der Waals surface area contributed by atoms with Gasteiger partial charge in [-0.15, -0.1) is 0 Å². The number of fused-ring (bicyclic) bond motifs is 1. The summed E-state index contributed by atoms with van der Waals surface area (Å²) in [4.78, 5) is 17.1. The molecular formula is C24H24N6O. The van der Waals surface area contributed by atoms with Gasteiger partial charge in [-0.25, -0.2) is 14.5 Å². The van der Waals surface area contributed by atoms with Crippen LogP contribution in [0.2, 0.25) is 0 Å². The van der Waals surface area contributed by atoms with Gasteiger partial charge in [0.05, 0.1) is 5.39 Å². The number of amides is 2. The fraction of sp³-hybridized carbons (Fsp3) is 0.208. The van der Waals surface area contributed by atoms with Gasteiger partial charge in [0, 0.05) is 30.0 Å². The molecule has 0 atom stereocenters. The Morgan fingerprint density at radius 3 is 2.26 bits per heavy atom. The summed E-state index contributed by atoms with van der Waals surface area (Å²) in [5.41, 5.74) is 12.7. The van der Waals surface area contributed by atoms with Crippen LogP contribution >= 0.6 is 0 Å². The van der Waals surface area contributed by atoms with Crippen LogP contribution in [0.25, 0.3) is 22.2 Å². The van der Waals surface area contributed by atoms with Crippen LogP contribution < -0.4 is 16.4 Å². The van der Waals surface area contributed by atoms with Crippen LogP contribution in [0.1, 0.15) is 30.0 Å². The van der Waals surface area contributed by atoms with E-state index in [1.165, 1.54) is 12.8 Å². The molecule has 2 aromatic heterocycles. The van der Waals surface area contributed by atoms with E-state index in [0.29, 0.717) is 17.4 Å². The summed E-state index contributed by atoms with van der Waals surface area (Å²) in [7, 11) is 1.87. The number of rotatable bonds is 4. The molecule has 4 aromatic rings. The molecule has 4 N–H and O–H groups in total. The van der Waals surface area contributed by atoms with Crippen LogP contribution in [-0.2, 0) is 7.05 Å². The molecule has 2 amide bonds. The minimum atomic E-state index is -0.282. The third-order valence-corrected chi connectivity index (χ3v) is 5.60. The number of urea groups is 1. The topological polar surface area (TPSA) is 97.9 Å². The smallest absolute Gasteiger partial charge is 0.323 e. The van der Waals surface area contributed by atoms with E-state index in [2.05, 4.69) is 21.8 Å². The Kier molecular flexibility index (Phi) is 4.58. The SMILES string of the molecule is Cc1ccc(NC(=O)Nc2ccc(-c3cc(C4CC4)nc4c3c(N)nn4C)cc2)cc1. The van der Waals surface area contributed by atoms with E-state index in [-0.39, 0.29) is 6.03 Å². The summed E-state index contributed by atoms with van der Waals surface area (Å²) in [6.45, 7) is 2.01. The largest absolute Gasteiger partial charge is 0.382 e. The van der Waals surface area contributed by atoms with Crippen molar-refractivity contribution in [1.82, 2.24) is 14.8 Å². The van der Waals surface area contributed by atoms with Crippen LogP contribution in [0.3, 0.4) is 0 Å². The third-order valence-electron chi connectivity index (χ3n) is 5.60. The molecular weight excluding hydrogens is 388 g/mol. The molecule has 0 aliphatic heterocycles. The molecule has 1 saturated carbocycles. The van der Waals surface area contributed by atoms with Crippen molar-refractivity contribution in [3.8, 4) is 11.1 Å². The van der Waals surface area contributed by atoms with Gasteiger partial charge in [-0.2, -0.15) is 5.10 Å². The summed E-state index contributed by atoms with van der Waals surface area (Å²) >= 11 is 0. The molecule has 0 bridgehead atoms. The zero-order valence-corrected chi connectivity index (χ0v) is 17.5. The summed E-state index contributed by atoms with van der Waals surface area (Å²) in [6.07, 6.45) is 2.34. The van der Waals surface area contributed by atoms with E-state index >= 15 is 0 Å². The van der Waals surface area contributed by atoms with E-state index in [9.17, 15) is 4.79 Å². The number of pyridine rings is 1. The Morgan fingerprint density at radius 1 is 1.03 bits per heavy atom. The summed E-state index contributed by atoms with van der Waals surface area (Å²) in [6, 6.07) is 17.3. The van der Waals surface area contributed by atoms with Crippen molar-refractivity contribution in [2.75, 3.05) is 16.4 Å². The van der Waals surface area contributed by atoms with Gasteiger partial charge in [0.1, 0.15) is 0 Å². The highest BCUT2D eigenvalue weighted by molar-refractivity contribution is 6.02. The standard InChI is InChI=1S/C24H24N6O/c1-14-3-9-17(10-4-14)26-24(31)27-18-11-7-15(8-12-18)19-13-20(16-5-6-16)28-23-21(19)22(25)29-30(23)2/h3-4,7-13,16H,5-6H2,1-2H3,(H2,25,29)(H2,26,27,31). The number of aryl methyl sites for hydroxylation is 2. The molecule has 0 radical (unpaired) electrons.